The first-order chi connectivity index (χ1) is 26.1. The molecule has 1 N–H and O–H groups in total. The second-order valence-corrected chi connectivity index (χ2v) is 13.2. The lowest BCUT2D eigenvalue weighted by molar-refractivity contribution is 1.18. The highest BCUT2D eigenvalue weighted by molar-refractivity contribution is 6.15. The average molecular weight is 652 g/mol. The molecule has 3 nitrogen and oxygen atoms in total. The maximum atomic E-state index is 9.60. The minimum absolute atomic E-state index is 0.421. The molecular weight excluding hydrogens is 619 g/mol. The van der Waals surface area contributed by atoms with Crippen molar-refractivity contribution in [2.45, 2.75) is 0 Å². The lowest BCUT2D eigenvalue weighted by atomic mass is 9.92. The van der Waals surface area contributed by atoms with Crippen LogP contribution in [0.15, 0.2) is 182 Å². The first kappa shape index (κ1) is 26.1. The Balaban J connectivity index is 1.13. The Kier molecular flexibility index (Phi) is 5.54. The molecule has 0 unspecified atom stereocenters. The van der Waals surface area contributed by atoms with Gasteiger partial charge in [-0.25, -0.2) is 0 Å². The second-order valence-electron chi connectivity index (χ2n) is 13.2. The van der Waals surface area contributed by atoms with E-state index in [2.05, 4.69) is 166 Å². The average Bonchev–Trinajstić information content (AvgIpc) is 3.86. The lowest BCUT2D eigenvalue weighted by Gasteiger charge is -2.15. The van der Waals surface area contributed by atoms with Crippen molar-refractivity contribution in [1.29, 1.82) is 0 Å². The molecule has 51 heavy (non-hydrogen) atoms. The summed E-state index contributed by atoms with van der Waals surface area (Å²) in [5, 5.41) is 7.00. The van der Waals surface area contributed by atoms with Crippen LogP contribution < -0.4 is 0 Å². The van der Waals surface area contributed by atoms with Crippen LogP contribution in [-0.2, 0) is 0 Å². The van der Waals surface area contributed by atoms with E-state index in [9.17, 15) is 2.74 Å². The number of nitrogens with one attached hydrogen (secondary N) is 1. The molecule has 0 saturated heterocycles. The Labute approximate surface area is 297 Å². The van der Waals surface area contributed by atoms with E-state index in [0.717, 1.165) is 77.5 Å². The quantitative estimate of drug-likeness (QED) is 0.196. The molecule has 0 spiro atoms. The topological polar surface area (TPSA) is 25.6 Å². The van der Waals surface area contributed by atoms with E-state index in [1.54, 1.807) is 0 Å². The van der Waals surface area contributed by atoms with Crippen LogP contribution in [0.1, 0.15) is 2.74 Å². The van der Waals surface area contributed by atoms with Crippen molar-refractivity contribution in [2.75, 3.05) is 0 Å². The molecule has 0 radical (unpaired) electrons. The van der Waals surface area contributed by atoms with Crippen LogP contribution in [0.4, 0.5) is 0 Å². The van der Waals surface area contributed by atoms with Gasteiger partial charge in [-0.1, -0.05) is 127 Å². The third-order valence-electron chi connectivity index (χ3n) is 10.5. The number of nitrogens with zero attached hydrogens (tertiary/aromatic N) is 2. The van der Waals surface area contributed by atoms with Crippen LogP contribution >= 0.6 is 0 Å². The third kappa shape index (κ3) is 4.12. The minimum Gasteiger partial charge on any atom is -0.354 e. The minimum atomic E-state index is 0.421. The zero-order valence-electron chi connectivity index (χ0n) is 29.6. The fraction of sp³-hybridized carbons (Fsp3) is 0. The van der Waals surface area contributed by atoms with Gasteiger partial charge in [-0.2, -0.15) is 0 Å². The summed E-state index contributed by atoms with van der Waals surface area (Å²) < 4.78 is 23.6. The molecule has 0 amide bonds. The molecule has 0 saturated carbocycles. The van der Waals surface area contributed by atoms with E-state index in [4.69, 9.17) is 0 Å². The number of rotatable bonds is 4. The standard InChI is InChI=1S/C48H31N3/c1-6-16-42-36(11-1)41-30-29-35(31-21-25-33(26-22-31)50-43-17-7-2-12-37(43)38-13-3-8-18-44(38)50)47(48(41)49-42)32-23-27-34(28-24-32)51-45-19-9-4-14-39(45)40-15-5-10-20-46(40)51/h1-30,49H/i21D,23D. The maximum Gasteiger partial charge on any atom is 0.0630 e. The number of para-hydroxylation sites is 5. The first-order valence-electron chi connectivity index (χ1n) is 18.4. The molecule has 8 aromatic carbocycles. The van der Waals surface area contributed by atoms with Crippen molar-refractivity contribution in [3.8, 4) is 33.6 Å². The van der Waals surface area contributed by atoms with Gasteiger partial charge in [-0.15, -0.1) is 0 Å². The van der Waals surface area contributed by atoms with E-state index < -0.39 is 0 Å². The number of hydrogen-bond donors (Lipinski definition) is 1. The summed E-state index contributed by atoms with van der Waals surface area (Å²) in [6.45, 7) is 0. The van der Waals surface area contributed by atoms with E-state index in [-0.39, 0.29) is 0 Å². The molecule has 0 aliphatic rings. The number of benzene rings is 8. The highest BCUT2D eigenvalue weighted by Gasteiger charge is 2.18. The summed E-state index contributed by atoms with van der Waals surface area (Å²) in [4.78, 5) is 3.71. The van der Waals surface area contributed by atoms with Crippen molar-refractivity contribution in [1.82, 2.24) is 14.1 Å². The summed E-state index contributed by atoms with van der Waals surface area (Å²) in [7, 11) is 0. The molecule has 0 atom stereocenters. The zero-order chi connectivity index (χ0) is 35.2. The monoisotopic (exact) mass is 651 g/mol. The molecule has 0 aliphatic carbocycles. The van der Waals surface area contributed by atoms with Crippen molar-refractivity contribution in [2.24, 2.45) is 0 Å². The first-order valence-corrected chi connectivity index (χ1v) is 17.4. The Bertz CT molecular complexity index is 3160. The van der Waals surface area contributed by atoms with Crippen molar-refractivity contribution in [3.63, 3.8) is 0 Å². The highest BCUT2D eigenvalue weighted by Crippen LogP contribution is 2.42. The summed E-state index contributed by atoms with van der Waals surface area (Å²) in [6.07, 6.45) is 0. The smallest absolute Gasteiger partial charge is 0.0630 e. The van der Waals surface area contributed by atoms with Gasteiger partial charge in [0.15, 0.2) is 0 Å². The Morgan fingerprint density at radius 3 is 1.33 bits per heavy atom. The molecule has 0 fully saturated rings. The fourth-order valence-electron chi connectivity index (χ4n) is 8.26. The number of H-pyrrole nitrogens is 1. The normalized spacial score (nSPS) is 12.5. The van der Waals surface area contributed by atoms with E-state index in [0.29, 0.717) is 12.1 Å². The van der Waals surface area contributed by atoms with E-state index >= 15 is 0 Å². The third-order valence-corrected chi connectivity index (χ3v) is 10.5. The molecule has 3 heteroatoms. The molecular formula is C48H31N3. The Hall–Kier alpha value is -6.84. The zero-order valence-corrected chi connectivity index (χ0v) is 27.6. The van der Waals surface area contributed by atoms with Gasteiger partial charge in [0.05, 0.1) is 30.3 Å². The summed E-state index contributed by atoms with van der Waals surface area (Å²) in [5.41, 5.74) is 11.8. The van der Waals surface area contributed by atoms with Crippen LogP contribution in [0.3, 0.4) is 0 Å². The Morgan fingerprint density at radius 2 is 0.824 bits per heavy atom. The largest absolute Gasteiger partial charge is 0.354 e. The van der Waals surface area contributed by atoms with Gasteiger partial charge in [-0.3, -0.25) is 0 Å². The highest BCUT2D eigenvalue weighted by atomic mass is 15.0. The second kappa shape index (κ2) is 10.8. The Morgan fingerprint density at radius 1 is 0.373 bits per heavy atom. The molecule has 11 aromatic rings. The van der Waals surface area contributed by atoms with Crippen molar-refractivity contribution in [3.05, 3.63) is 182 Å². The van der Waals surface area contributed by atoms with Gasteiger partial charge in [0.25, 0.3) is 0 Å². The summed E-state index contributed by atoms with van der Waals surface area (Å²) >= 11 is 0. The molecule has 3 aromatic heterocycles. The van der Waals surface area contributed by atoms with Crippen molar-refractivity contribution >= 4 is 65.4 Å². The number of fused-ring (bicyclic) bond motifs is 9. The van der Waals surface area contributed by atoms with Gasteiger partial charge >= 0.3 is 0 Å². The van der Waals surface area contributed by atoms with Crippen molar-refractivity contribution < 1.29 is 2.74 Å². The number of hydrogen-bond acceptors (Lipinski definition) is 0. The van der Waals surface area contributed by atoms with Gasteiger partial charge < -0.3 is 14.1 Å². The SMILES string of the molecule is [2H]c1cc(-n2c3ccccc3c3ccccc32)ccc1-c1ccc2c([nH]c3ccccc32)c1-c1ccc(-n2c3ccccc3c3ccccc32)cc1[2H]. The molecule has 238 valence electrons. The number of aromatic amines is 1. The van der Waals surface area contributed by atoms with Crippen LogP contribution in [0, 0.1) is 0 Å². The maximum absolute atomic E-state index is 9.60. The molecule has 11 rings (SSSR count). The molecule has 0 bridgehead atoms. The summed E-state index contributed by atoms with van der Waals surface area (Å²) in [6, 6.07) is 59.7. The van der Waals surface area contributed by atoms with Crippen LogP contribution in [-0.4, -0.2) is 14.1 Å². The van der Waals surface area contributed by atoms with Gasteiger partial charge in [0.1, 0.15) is 0 Å². The van der Waals surface area contributed by atoms with Gasteiger partial charge in [-0.05, 0) is 71.3 Å². The molecule has 3 heterocycles. The van der Waals surface area contributed by atoms with Gasteiger partial charge in [0, 0.05) is 54.8 Å². The van der Waals surface area contributed by atoms with E-state index in [1.165, 1.54) is 21.5 Å². The predicted octanol–water partition coefficient (Wildman–Crippen LogP) is 12.8. The lowest BCUT2D eigenvalue weighted by Crippen LogP contribution is -1.95. The van der Waals surface area contributed by atoms with Crippen LogP contribution in [0.5, 0.6) is 0 Å². The van der Waals surface area contributed by atoms with E-state index in [1.807, 2.05) is 18.2 Å². The fourth-order valence-corrected chi connectivity index (χ4v) is 8.26. The predicted molar refractivity (Wildman–Crippen MR) is 215 cm³/mol. The van der Waals surface area contributed by atoms with Gasteiger partial charge in [0.2, 0.25) is 0 Å². The number of aromatic nitrogens is 3. The van der Waals surface area contributed by atoms with Crippen LogP contribution in [0.2, 0.25) is 0 Å². The molecule has 0 aliphatic heterocycles. The summed E-state index contributed by atoms with van der Waals surface area (Å²) in [5.74, 6) is 0. The van der Waals surface area contributed by atoms with Crippen LogP contribution in [0.25, 0.3) is 99.0 Å².